The fraction of sp³-hybridized carbons (Fsp3) is 0.412. The third kappa shape index (κ3) is 3.19. The first-order chi connectivity index (χ1) is 12.3. The molecule has 2 heterocycles. The Labute approximate surface area is 151 Å². The van der Waals surface area contributed by atoms with Crippen LogP contribution in [0.15, 0.2) is 40.0 Å². The monoisotopic (exact) mass is 375 g/mol. The van der Waals surface area contributed by atoms with Crippen LogP contribution in [0.4, 0.5) is 5.82 Å². The molecule has 0 bridgehead atoms. The summed E-state index contributed by atoms with van der Waals surface area (Å²) >= 11 is 0. The molecule has 1 fully saturated rings. The Hall–Kier alpha value is -2.39. The molecule has 2 aromatic heterocycles. The van der Waals surface area contributed by atoms with Gasteiger partial charge >= 0.3 is 0 Å². The number of fused-ring (bicyclic) bond motifs is 1. The van der Waals surface area contributed by atoms with Gasteiger partial charge < -0.3 is 9.42 Å². The first-order valence-electron chi connectivity index (χ1n) is 8.38. The molecule has 26 heavy (non-hydrogen) atoms. The minimum Gasteiger partial charge on any atom is -0.354 e. The van der Waals surface area contributed by atoms with Gasteiger partial charge in [0.05, 0.1) is 16.5 Å². The van der Waals surface area contributed by atoms with Crippen LogP contribution in [0.5, 0.6) is 0 Å². The number of aryl methyl sites for hydroxylation is 1. The Balaban J connectivity index is 1.66. The van der Waals surface area contributed by atoms with Crippen LogP contribution < -0.4 is 9.62 Å². The van der Waals surface area contributed by atoms with Crippen LogP contribution in [-0.4, -0.2) is 35.9 Å². The summed E-state index contributed by atoms with van der Waals surface area (Å²) in [5, 5.41) is 8.94. The SMILES string of the molecule is CN(Cc1cnn(C)c1)c1noc2ccc(S(=O)(=O)NC3(C)CC3)cc12. The van der Waals surface area contributed by atoms with E-state index in [1.807, 2.05) is 32.1 Å². The second kappa shape index (κ2) is 5.82. The maximum atomic E-state index is 12.6. The molecule has 0 saturated heterocycles. The number of hydrogen-bond donors (Lipinski definition) is 1. The molecule has 0 atom stereocenters. The number of nitrogens with one attached hydrogen (secondary N) is 1. The highest BCUT2D eigenvalue weighted by Gasteiger charge is 2.41. The minimum atomic E-state index is -3.57. The molecule has 1 aliphatic carbocycles. The van der Waals surface area contributed by atoms with Crippen LogP contribution in [0.25, 0.3) is 11.0 Å². The van der Waals surface area contributed by atoms with E-state index >= 15 is 0 Å². The lowest BCUT2D eigenvalue weighted by Crippen LogP contribution is -2.34. The lowest BCUT2D eigenvalue weighted by atomic mass is 10.2. The number of nitrogens with zero attached hydrogens (tertiary/aromatic N) is 4. The number of anilines is 1. The van der Waals surface area contributed by atoms with Crippen molar-refractivity contribution < 1.29 is 12.9 Å². The first kappa shape index (κ1) is 17.0. The molecule has 8 nitrogen and oxygen atoms in total. The highest BCUT2D eigenvalue weighted by Crippen LogP contribution is 2.36. The summed E-state index contributed by atoms with van der Waals surface area (Å²) in [7, 11) is 0.170. The van der Waals surface area contributed by atoms with Gasteiger partial charge in [0.2, 0.25) is 10.0 Å². The molecule has 0 spiro atoms. The lowest BCUT2D eigenvalue weighted by Gasteiger charge is -2.15. The zero-order valence-corrected chi connectivity index (χ0v) is 15.7. The van der Waals surface area contributed by atoms with Crippen LogP contribution in [0, 0.1) is 0 Å². The number of rotatable bonds is 6. The quantitative estimate of drug-likeness (QED) is 0.709. The second-order valence-electron chi connectivity index (χ2n) is 7.21. The normalized spacial score (nSPS) is 16.1. The largest absolute Gasteiger partial charge is 0.354 e. The molecule has 0 amide bonds. The van der Waals surface area contributed by atoms with Crippen molar-refractivity contribution in [2.45, 2.75) is 36.7 Å². The predicted molar refractivity (Wildman–Crippen MR) is 97.3 cm³/mol. The molecule has 0 aliphatic heterocycles. The minimum absolute atomic E-state index is 0.220. The highest BCUT2D eigenvalue weighted by atomic mass is 32.2. The summed E-state index contributed by atoms with van der Waals surface area (Å²) in [6, 6.07) is 4.81. The standard InChI is InChI=1S/C17H21N5O3S/c1-17(6-7-17)20-26(23,24)13-4-5-15-14(8-13)16(19-25-15)21(2)10-12-9-18-22(3)11-12/h4-5,8-9,11,20H,6-7,10H2,1-3H3. The third-order valence-corrected chi connectivity index (χ3v) is 6.29. The first-order valence-corrected chi connectivity index (χ1v) is 9.86. The van der Waals surface area contributed by atoms with Crippen molar-refractivity contribution in [3.8, 4) is 0 Å². The molecule has 0 unspecified atom stereocenters. The molecular formula is C17H21N5O3S. The Kier molecular flexibility index (Phi) is 3.81. The van der Waals surface area contributed by atoms with Gasteiger partial charge in [-0.1, -0.05) is 5.16 Å². The maximum absolute atomic E-state index is 12.6. The van der Waals surface area contributed by atoms with Crippen LogP contribution in [0.3, 0.4) is 0 Å². The average Bonchev–Trinajstić information content (AvgIpc) is 2.97. The van der Waals surface area contributed by atoms with Crippen LogP contribution >= 0.6 is 0 Å². The van der Waals surface area contributed by atoms with Gasteiger partial charge in [-0.3, -0.25) is 4.68 Å². The predicted octanol–water partition coefficient (Wildman–Crippen LogP) is 2.03. The van der Waals surface area contributed by atoms with E-state index in [0.29, 0.717) is 23.3 Å². The number of benzene rings is 1. The molecule has 0 radical (unpaired) electrons. The number of aromatic nitrogens is 3. The smallest absolute Gasteiger partial charge is 0.241 e. The van der Waals surface area contributed by atoms with Gasteiger partial charge in [-0.2, -0.15) is 5.10 Å². The fourth-order valence-electron chi connectivity index (χ4n) is 2.92. The van der Waals surface area contributed by atoms with Crippen molar-refractivity contribution in [1.29, 1.82) is 0 Å². The van der Waals surface area contributed by atoms with Gasteiger partial charge in [-0.05, 0) is 38.0 Å². The summed E-state index contributed by atoms with van der Waals surface area (Å²) < 4.78 is 35.2. The molecule has 1 aliphatic rings. The molecular weight excluding hydrogens is 354 g/mol. The Morgan fingerprint density at radius 3 is 2.81 bits per heavy atom. The summed E-state index contributed by atoms with van der Waals surface area (Å²) in [4.78, 5) is 2.13. The Morgan fingerprint density at radius 2 is 2.15 bits per heavy atom. The van der Waals surface area contributed by atoms with E-state index in [1.54, 1.807) is 29.1 Å². The van der Waals surface area contributed by atoms with Crippen molar-refractivity contribution in [3.63, 3.8) is 0 Å². The van der Waals surface area contributed by atoms with Gasteiger partial charge in [-0.25, -0.2) is 13.1 Å². The molecule has 1 aromatic carbocycles. The molecule has 9 heteroatoms. The van der Waals surface area contributed by atoms with E-state index in [9.17, 15) is 8.42 Å². The third-order valence-electron chi connectivity index (χ3n) is 4.65. The van der Waals surface area contributed by atoms with Crippen molar-refractivity contribution in [3.05, 3.63) is 36.2 Å². The van der Waals surface area contributed by atoms with Gasteiger partial charge in [0.1, 0.15) is 0 Å². The molecule has 1 saturated carbocycles. The van der Waals surface area contributed by atoms with E-state index in [0.717, 1.165) is 18.4 Å². The highest BCUT2D eigenvalue weighted by molar-refractivity contribution is 7.89. The zero-order valence-electron chi connectivity index (χ0n) is 14.9. The molecule has 3 aromatic rings. The van der Waals surface area contributed by atoms with Gasteiger partial charge in [-0.15, -0.1) is 0 Å². The van der Waals surface area contributed by atoms with Gasteiger partial charge in [0.15, 0.2) is 11.4 Å². The summed E-state index contributed by atoms with van der Waals surface area (Å²) in [5.74, 6) is 0.596. The van der Waals surface area contributed by atoms with Gasteiger partial charge in [0.25, 0.3) is 0 Å². The van der Waals surface area contributed by atoms with Crippen molar-refractivity contribution in [2.24, 2.45) is 7.05 Å². The zero-order chi connectivity index (χ0) is 18.5. The Morgan fingerprint density at radius 1 is 1.38 bits per heavy atom. The second-order valence-corrected chi connectivity index (χ2v) is 8.89. The van der Waals surface area contributed by atoms with E-state index in [2.05, 4.69) is 15.0 Å². The van der Waals surface area contributed by atoms with Crippen molar-refractivity contribution in [1.82, 2.24) is 19.7 Å². The topological polar surface area (TPSA) is 93.3 Å². The van der Waals surface area contributed by atoms with Gasteiger partial charge in [0, 0.05) is 37.9 Å². The maximum Gasteiger partial charge on any atom is 0.241 e. The molecule has 1 N–H and O–H groups in total. The summed E-state index contributed by atoms with van der Waals surface area (Å²) in [5.41, 5.74) is 1.26. The average molecular weight is 375 g/mol. The number of sulfonamides is 1. The molecule has 138 valence electrons. The fourth-order valence-corrected chi connectivity index (χ4v) is 4.41. The van der Waals surface area contributed by atoms with Crippen LogP contribution in [-0.2, 0) is 23.6 Å². The lowest BCUT2D eigenvalue weighted by molar-refractivity contribution is 0.455. The Bertz CT molecular complexity index is 1070. The van der Waals surface area contributed by atoms with Crippen molar-refractivity contribution in [2.75, 3.05) is 11.9 Å². The summed E-state index contributed by atoms with van der Waals surface area (Å²) in [6.45, 7) is 2.50. The van der Waals surface area contributed by atoms with E-state index in [-0.39, 0.29) is 10.4 Å². The summed E-state index contributed by atoms with van der Waals surface area (Å²) in [6.07, 6.45) is 5.44. The van der Waals surface area contributed by atoms with E-state index < -0.39 is 10.0 Å². The van der Waals surface area contributed by atoms with Crippen molar-refractivity contribution >= 4 is 26.8 Å². The van der Waals surface area contributed by atoms with E-state index in [1.165, 1.54) is 0 Å². The molecule has 4 rings (SSSR count). The number of hydrogen-bond acceptors (Lipinski definition) is 6. The van der Waals surface area contributed by atoms with E-state index in [4.69, 9.17) is 4.52 Å². The van der Waals surface area contributed by atoms with Crippen LogP contribution in [0.1, 0.15) is 25.3 Å². The van der Waals surface area contributed by atoms with Crippen LogP contribution in [0.2, 0.25) is 0 Å².